The zero-order valence-corrected chi connectivity index (χ0v) is 18.0. The fraction of sp³-hybridized carbons (Fsp3) is 0.192. The summed E-state index contributed by atoms with van der Waals surface area (Å²) in [5, 5.41) is 11.2. The number of nitrogens with zero attached hydrogens (tertiary/aromatic N) is 2. The van der Waals surface area contributed by atoms with Crippen LogP contribution in [0.25, 0.3) is 5.76 Å². The van der Waals surface area contributed by atoms with Crippen molar-refractivity contribution < 1.29 is 19.4 Å². The summed E-state index contributed by atoms with van der Waals surface area (Å²) < 4.78 is 5.53. The Balaban J connectivity index is 1.87. The molecule has 2 aromatic carbocycles. The number of aliphatic hydroxyl groups is 1. The van der Waals surface area contributed by atoms with Gasteiger partial charge in [0.1, 0.15) is 11.5 Å². The van der Waals surface area contributed by atoms with Gasteiger partial charge in [0.15, 0.2) is 0 Å². The number of rotatable bonds is 6. The van der Waals surface area contributed by atoms with Crippen LogP contribution in [0.3, 0.4) is 0 Å². The van der Waals surface area contributed by atoms with Crippen molar-refractivity contribution >= 4 is 17.4 Å². The summed E-state index contributed by atoms with van der Waals surface area (Å²) in [7, 11) is 0. The van der Waals surface area contributed by atoms with Gasteiger partial charge in [0.05, 0.1) is 30.5 Å². The largest absolute Gasteiger partial charge is 0.507 e. The highest BCUT2D eigenvalue weighted by Crippen LogP contribution is 2.41. The molecule has 1 amide bonds. The van der Waals surface area contributed by atoms with Gasteiger partial charge >= 0.3 is 0 Å². The smallest absolute Gasteiger partial charge is 0.296 e. The maximum Gasteiger partial charge on any atom is 0.296 e. The highest BCUT2D eigenvalue weighted by atomic mass is 16.5. The number of benzene rings is 2. The summed E-state index contributed by atoms with van der Waals surface area (Å²) in [4.78, 5) is 32.1. The molecule has 0 spiro atoms. The van der Waals surface area contributed by atoms with Crippen LogP contribution < -0.4 is 4.74 Å². The molecule has 32 heavy (non-hydrogen) atoms. The second-order valence-corrected chi connectivity index (χ2v) is 7.57. The number of Topliss-reactive ketones (excluding diaryl/α,β-unsaturated/α-hetero) is 1. The van der Waals surface area contributed by atoms with E-state index in [0.29, 0.717) is 23.6 Å². The van der Waals surface area contributed by atoms with Gasteiger partial charge in [-0.1, -0.05) is 42.5 Å². The minimum Gasteiger partial charge on any atom is -0.507 e. The third kappa shape index (κ3) is 3.99. The molecule has 1 fully saturated rings. The molecule has 6 nitrogen and oxygen atoms in total. The highest BCUT2D eigenvalue weighted by Gasteiger charge is 2.46. The number of carbonyl (C=O) groups excluding carboxylic acids is 2. The lowest BCUT2D eigenvalue weighted by molar-refractivity contribution is -0.140. The van der Waals surface area contributed by atoms with Crippen molar-refractivity contribution in [1.29, 1.82) is 0 Å². The van der Waals surface area contributed by atoms with Crippen LogP contribution in [0.2, 0.25) is 0 Å². The Kier molecular flexibility index (Phi) is 6.03. The normalized spacial score (nSPS) is 17.6. The second-order valence-electron chi connectivity index (χ2n) is 7.57. The van der Waals surface area contributed by atoms with Gasteiger partial charge in [0.2, 0.25) is 0 Å². The van der Waals surface area contributed by atoms with Gasteiger partial charge in [0.25, 0.3) is 11.7 Å². The van der Waals surface area contributed by atoms with E-state index in [1.165, 1.54) is 4.90 Å². The molecule has 0 bridgehead atoms. The lowest BCUT2D eigenvalue weighted by atomic mass is 9.92. The van der Waals surface area contributed by atoms with E-state index in [0.717, 1.165) is 11.1 Å². The molecule has 0 radical (unpaired) electrons. The Morgan fingerprint density at radius 3 is 2.56 bits per heavy atom. The number of hydrogen-bond acceptors (Lipinski definition) is 5. The minimum atomic E-state index is -0.728. The average Bonchev–Trinajstić information content (AvgIpc) is 3.05. The van der Waals surface area contributed by atoms with Gasteiger partial charge in [-0.25, -0.2) is 0 Å². The van der Waals surface area contributed by atoms with Crippen molar-refractivity contribution in [3.63, 3.8) is 0 Å². The molecule has 4 rings (SSSR count). The van der Waals surface area contributed by atoms with E-state index < -0.39 is 17.7 Å². The Bertz CT molecular complexity index is 1190. The van der Waals surface area contributed by atoms with E-state index in [2.05, 4.69) is 4.98 Å². The molecule has 6 heteroatoms. The summed E-state index contributed by atoms with van der Waals surface area (Å²) in [6.45, 7) is 4.42. The van der Waals surface area contributed by atoms with E-state index in [1.54, 1.807) is 42.6 Å². The van der Waals surface area contributed by atoms with E-state index in [9.17, 15) is 14.7 Å². The van der Waals surface area contributed by atoms with Crippen molar-refractivity contribution in [3.05, 3.63) is 101 Å². The first-order chi connectivity index (χ1) is 15.5. The molecule has 1 saturated heterocycles. The predicted molar refractivity (Wildman–Crippen MR) is 121 cm³/mol. The van der Waals surface area contributed by atoms with Gasteiger partial charge in [-0.05, 0) is 49.2 Å². The first kappa shape index (κ1) is 21.3. The Morgan fingerprint density at radius 1 is 1.06 bits per heavy atom. The van der Waals surface area contributed by atoms with Crippen LogP contribution in [0, 0.1) is 6.92 Å². The van der Waals surface area contributed by atoms with Crippen LogP contribution in [0.4, 0.5) is 0 Å². The van der Waals surface area contributed by atoms with Gasteiger partial charge in [-0.3, -0.25) is 14.6 Å². The number of hydrogen-bond donors (Lipinski definition) is 1. The van der Waals surface area contributed by atoms with Gasteiger partial charge < -0.3 is 14.7 Å². The first-order valence-electron chi connectivity index (χ1n) is 10.5. The number of carbonyl (C=O) groups is 2. The number of aryl methyl sites for hydroxylation is 1. The SMILES string of the molecule is CCOc1cccc(/C(O)=C2\C(=O)C(=O)N(Cc3ccccn3)C2c2ccccc2C)c1. The summed E-state index contributed by atoms with van der Waals surface area (Å²) >= 11 is 0. The molecular formula is C26H24N2O4. The molecule has 1 atom stereocenters. The second kappa shape index (κ2) is 9.06. The van der Waals surface area contributed by atoms with Crippen LogP contribution in [-0.2, 0) is 16.1 Å². The third-order valence-corrected chi connectivity index (χ3v) is 5.50. The fourth-order valence-electron chi connectivity index (χ4n) is 3.98. The molecule has 2 heterocycles. The summed E-state index contributed by atoms with van der Waals surface area (Å²) in [6, 6.07) is 19.1. The van der Waals surface area contributed by atoms with E-state index in [1.807, 2.05) is 44.2 Å². The van der Waals surface area contributed by atoms with E-state index in [-0.39, 0.29) is 17.9 Å². The van der Waals surface area contributed by atoms with Crippen molar-refractivity contribution in [2.75, 3.05) is 6.61 Å². The average molecular weight is 428 g/mol. The molecule has 162 valence electrons. The maximum atomic E-state index is 13.2. The summed E-state index contributed by atoms with van der Waals surface area (Å²) in [6.07, 6.45) is 1.65. The van der Waals surface area contributed by atoms with Crippen molar-refractivity contribution in [2.45, 2.75) is 26.4 Å². The summed E-state index contributed by atoms with van der Waals surface area (Å²) in [5.41, 5.74) is 2.84. The predicted octanol–water partition coefficient (Wildman–Crippen LogP) is 4.41. The Labute approximate surface area is 186 Å². The van der Waals surface area contributed by atoms with E-state index in [4.69, 9.17) is 4.74 Å². The zero-order chi connectivity index (χ0) is 22.7. The van der Waals surface area contributed by atoms with Crippen LogP contribution in [0.5, 0.6) is 5.75 Å². The number of ketones is 1. The number of pyridine rings is 1. The van der Waals surface area contributed by atoms with Crippen LogP contribution in [0.1, 0.15) is 35.3 Å². The first-order valence-corrected chi connectivity index (χ1v) is 10.5. The number of ether oxygens (including phenoxy) is 1. The molecule has 1 N–H and O–H groups in total. The minimum absolute atomic E-state index is 0.0638. The van der Waals surface area contributed by atoms with Crippen molar-refractivity contribution in [1.82, 2.24) is 9.88 Å². The molecule has 1 aromatic heterocycles. The van der Waals surface area contributed by atoms with Gasteiger partial charge in [0, 0.05) is 11.8 Å². The molecule has 0 aliphatic carbocycles. The lowest BCUT2D eigenvalue weighted by Gasteiger charge is -2.26. The molecule has 0 saturated carbocycles. The quantitative estimate of drug-likeness (QED) is 0.357. The molecule has 3 aromatic rings. The zero-order valence-electron chi connectivity index (χ0n) is 18.0. The number of amides is 1. The van der Waals surface area contributed by atoms with E-state index >= 15 is 0 Å². The maximum absolute atomic E-state index is 13.2. The number of likely N-dealkylation sites (tertiary alicyclic amines) is 1. The number of aliphatic hydroxyl groups excluding tert-OH is 1. The van der Waals surface area contributed by atoms with Gasteiger partial charge in [-0.15, -0.1) is 0 Å². The molecule has 1 unspecified atom stereocenters. The summed E-state index contributed by atoms with van der Waals surface area (Å²) in [5.74, 6) is -1.02. The Hall–Kier alpha value is -3.93. The van der Waals surface area contributed by atoms with Crippen LogP contribution >= 0.6 is 0 Å². The van der Waals surface area contributed by atoms with Crippen LogP contribution in [0.15, 0.2) is 78.5 Å². The lowest BCUT2D eigenvalue weighted by Crippen LogP contribution is -2.29. The van der Waals surface area contributed by atoms with Crippen molar-refractivity contribution in [2.24, 2.45) is 0 Å². The number of aromatic nitrogens is 1. The third-order valence-electron chi connectivity index (χ3n) is 5.50. The molecule has 1 aliphatic heterocycles. The highest BCUT2D eigenvalue weighted by molar-refractivity contribution is 6.46. The van der Waals surface area contributed by atoms with Crippen molar-refractivity contribution in [3.8, 4) is 5.75 Å². The van der Waals surface area contributed by atoms with Gasteiger partial charge in [-0.2, -0.15) is 0 Å². The monoisotopic (exact) mass is 428 g/mol. The Morgan fingerprint density at radius 2 is 1.84 bits per heavy atom. The van der Waals surface area contributed by atoms with Crippen LogP contribution in [-0.4, -0.2) is 33.3 Å². The standard InChI is InChI=1S/C26H24N2O4/c1-3-32-20-12-8-10-18(15-20)24(29)22-23(21-13-5-4-9-17(21)2)28(26(31)25(22)30)16-19-11-6-7-14-27-19/h4-15,23,29H,3,16H2,1-2H3/b24-22+. The fourth-order valence-corrected chi connectivity index (χ4v) is 3.98. The topological polar surface area (TPSA) is 79.7 Å². The molecule has 1 aliphatic rings. The molecular weight excluding hydrogens is 404 g/mol.